The first-order valence-corrected chi connectivity index (χ1v) is 5.95. The fraction of sp³-hybridized carbons (Fsp3) is 0.727. The predicted octanol–water partition coefficient (Wildman–Crippen LogP) is 2.81. The van der Waals surface area contributed by atoms with Gasteiger partial charge in [-0.05, 0) is 12.8 Å². The fourth-order valence-electron chi connectivity index (χ4n) is 1.57. The van der Waals surface area contributed by atoms with Crippen LogP contribution in [0.3, 0.4) is 0 Å². The van der Waals surface area contributed by atoms with Crippen LogP contribution in [-0.4, -0.2) is 10.1 Å². The van der Waals surface area contributed by atoms with Crippen LogP contribution in [-0.2, 0) is 12.0 Å². The molecule has 0 saturated heterocycles. The quantitative estimate of drug-likeness (QED) is 0.816. The molecule has 2 rings (SSSR count). The molecule has 1 aromatic heterocycles. The summed E-state index contributed by atoms with van der Waals surface area (Å²) in [5.41, 5.74) is 1.15. The van der Waals surface area contributed by atoms with Crippen molar-refractivity contribution >= 4 is 11.3 Å². The Hall–Kier alpha value is -0.410. The summed E-state index contributed by atoms with van der Waals surface area (Å²) in [4.78, 5) is 5.73. The zero-order valence-electron chi connectivity index (χ0n) is 9.00. The lowest BCUT2D eigenvalue weighted by Gasteiger charge is -2.16. The number of aliphatic hydroxyl groups is 1. The molecule has 0 unspecified atom stereocenters. The molecule has 1 N–H and O–H groups in total. The third-order valence-electron chi connectivity index (χ3n) is 2.49. The van der Waals surface area contributed by atoms with Gasteiger partial charge in [0, 0.05) is 11.3 Å². The summed E-state index contributed by atoms with van der Waals surface area (Å²) in [7, 11) is 0. The lowest BCUT2D eigenvalue weighted by Crippen LogP contribution is -2.14. The number of rotatable bonds is 2. The molecule has 0 aliphatic heterocycles. The molecule has 0 aromatic carbocycles. The monoisotopic (exact) mass is 211 g/mol. The van der Waals surface area contributed by atoms with E-state index in [1.165, 1.54) is 17.8 Å². The molecule has 1 aromatic rings. The van der Waals surface area contributed by atoms with Gasteiger partial charge in [0.25, 0.3) is 0 Å². The van der Waals surface area contributed by atoms with Gasteiger partial charge in [-0.3, -0.25) is 0 Å². The van der Waals surface area contributed by atoms with E-state index in [-0.39, 0.29) is 12.0 Å². The summed E-state index contributed by atoms with van der Waals surface area (Å²) >= 11 is 1.70. The van der Waals surface area contributed by atoms with Crippen molar-refractivity contribution in [3.63, 3.8) is 0 Å². The number of aliphatic hydroxyl groups excluding tert-OH is 1. The van der Waals surface area contributed by atoms with Gasteiger partial charge >= 0.3 is 0 Å². The molecule has 1 heterocycles. The van der Waals surface area contributed by atoms with Crippen molar-refractivity contribution in [1.29, 1.82) is 0 Å². The first-order valence-electron chi connectivity index (χ1n) is 5.13. The van der Waals surface area contributed by atoms with Crippen LogP contribution in [0.5, 0.6) is 0 Å². The Morgan fingerprint density at radius 2 is 2.07 bits per heavy atom. The maximum atomic E-state index is 9.27. The SMILES string of the molecule is CC(C)(C)c1nc(C2CC2)sc1CO. The van der Waals surface area contributed by atoms with Crippen LogP contribution in [0.1, 0.15) is 55.1 Å². The minimum atomic E-state index is 0.0572. The first-order chi connectivity index (χ1) is 6.52. The topological polar surface area (TPSA) is 33.1 Å². The van der Waals surface area contributed by atoms with Gasteiger partial charge in [0.05, 0.1) is 22.2 Å². The molecular weight excluding hydrogens is 194 g/mol. The highest BCUT2D eigenvalue weighted by molar-refractivity contribution is 7.11. The van der Waals surface area contributed by atoms with E-state index in [9.17, 15) is 5.11 Å². The highest BCUT2D eigenvalue weighted by atomic mass is 32.1. The summed E-state index contributed by atoms with van der Waals surface area (Å²) in [6.07, 6.45) is 2.56. The molecule has 0 atom stereocenters. The third kappa shape index (κ3) is 1.84. The normalized spacial score (nSPS) is 17.4. The van der Waals surface area contributed by atoms with Gasteiger partial charge in [0.15, 0.2) is 0 Å². The van der Waals surface area contributed by atoms with Crippen molar-refractivity contribution in [3.05, 3.63) is 15.6 Å². The van der Waals surface area contributed by atoms with Crippen molar-refractivity contribution in [1.82, 2.24) is 4.98 Å². The Kier molecular flexibility index (Phi) is 2.40. The van der Waals surface area contributed by atoms with Gasteiger partial charge < -0.3 is 5.11 Å². The Bertz CT molecular complexity index is 334. The Morgan fingerprint density at radius 3 is 2.43 bits per heavy atom. The van der Waals surface area contributed by atoms with Gasteiger partial charge in [-0.2, -0.15) is 0 Å². The van der Waals surface area contributed by atoms with E-state index >= 15 is 0 Å². The molecule has 0 radical (unpaired) electrons. The molecule has 1 aliphatic rings. The van der Waals surface area contributed by atoms with Crippen molar-refractivity contribution in [2.75, 3.05) is 0 Å². The molecule has 0 amide bonds. The van der Waals surface area contributed by atoms with E-state index < -0.39 is 0 Å². The fourth-order valence-corrected chi connectivity index (χ4v) is 2.87. The summed E-state index contributed by atoms with van der Waals surface area (Å²) in [5, 5.41) is 10.5. The van der Waals surface area contributed by atoms with Crippen LogP contribution >= 0.6 is 11.3 Å². The Labute approximate surface area is 89.0 Å². The van der Waals surface area contributed by atoms with E-state index in [4.69, 9.17) is 0 Å². The second kappa shape index (κ2) is 3.31. The summed E-state index contributed by atoms with van der Waals surface area (Å²) in [5.74, 6) is 0.696. The van der Waals surface area contributed by atoms with Crippen LogP contribution in [0.25, 0.3) is 0 Å². The summed E-state index contributed by atoms with van der Waals surface area (Å²) in [6.45, 7) is 6.59. The van der Waals surface area contributed by atoms with Crippen molar-refractivity contribution < 1.29 is 5.11 Å². The Balaban J connectivity index is 2.37. The van der Waals surface area contributed by atoms with Crippen LogP contribution < -0.4 is 0 Å². The number of aromatic nitrogens is 1. The molecule has 0 bridgehead atoms. The predicted molar refractivity (Wildman–Crippen MR) is 58.7 cm³/mol. The molecule has 1 saturated carbocycles. The van der Waals surface area contributed by atoms with Crippen LogP contribution in [0.4, 0.5) is 0 Å². The number of thiazole rings is 1. The van der Waals surface area contributed by atoms with Crippen LogP contribution in [0, 0.1) is 0 Å². The highest BCUT2D eigenvalue weighted by Gasteiger charge is 2.30. The number of hydrogen-bond acceptors (Lipinski definition) is 3. The molecule has 2 nitrogen and oxygen atoms in total. The molecule has 14 heavy (non-hydrogen) atoms. The lowest BCUT2D eigenvalue weighted by molar-refractivity contribution is 0.282. The minimum absolute atomic E-state index is 0.0572. The van der Waals surface area contributed by atoms with E-state index in [2.05, 4.69) is 25.8 Å². The minimum Gasteiger partial charge on any atom is -0.391 e. The van der Waals surface area contributed by atoms with Crippen molar-refractivity contribution in [2.24, 2.45) is 0 Å². The van der Waals surface area contributed by atoms with Crippen molar-refractivity contribution in [3.8, 4) is 0 Å². The zero-order chi connectivity index (χ0) is 10.3. The number of hydrogen-bond donors (Lipinski definition) is 1. The maximum Gasteiger partial charge on any atom is 0.0963 e. The standard InChI is InChI=1S/C11H17NOS/c1-11(2,3)9-8(6-13)14-10(12-9)7-4-5-7/h7,13H,4-6H2,1-3H3. The molecule has 3 heteroatoms. The molecule has 78 valence electrons. The lowest BCUT2D eigenvalue weighted by atomic mass is 9.91. The van der Waals surface area contributed by atoms with Crippen molar-refractivity contribution in [2.45, 2.75) is 51.6 Å². The second-order valence-corrected chi connectivity index (χ2v) is 6.12. The smallest absolute Gasteiger partial charge is 0.0963 e. The molecule has 0 spiro atoms. The van der Waals surface area contributed by atoms with E-state index in [0.717, 1.165) is 10.6 Å². The number of nitrogens with zero attached hydrogens (tertiary/aromatic N) is 1. The molecule has 1 aliphatic carbocycles. The summed E-state index contributed by atoms with van der Waals surface area (Å²) in [6, 6.07) is 0. The Morgan fingerprint density at radius 1 is 1.43 bits per heavy atom. The van der Waals surface area contributed by atoms with Gasteiger partial charge in [0.2, 0.25) is 0 Å². The van der Waals surface area contributed by atoms with E-state index in [1.54, 1.807) is 11.3 Å². The van der Waals surface area contributed by atoms with E-state index in [0.29, 0.717) is 5.92 Å². The zero-order valence-corrected chi connectivity index (χ0v) is 9.82. The maximum absolute atomic E-state index is 9.27. The average molecular weight is 211 g/mol. The van der Waals surface area contributed by atoms with Gasteiger partial charge in [0.1, 0.15) is 0 Å². The van der Waals surface area contributed by atoms with Gasteiger partial charge in [-0.25, -0.2) is 4.98 Å². The van der Waals surface area contributed by atoms with Crippen LogP contribution in [0.15, 0.2) is 0 Å². The van der Waals surface area contributed by atoms with Gasteiger partial charge in [-0.15, -0.1) is 11.3 Å². The average Bonchev–Trinajstić information content (AvgIpc) is 2.83. The van der Waals surface area contributed by atoms with Gasteiger partial charge in [-0.1, -0.05) is 20.8 Å². The molecular formula is C11H17NOS. The summed E-state index contributed by atoms with van der Waals surface area (Å²) < 4.78 is 0. The second-order valence-electron chi connectivity index (χ2n) is 5.01. The van der Waals surface area contributed by atoms with E-state index in [1.807, 2.05) is 0 Å². The first kappa shape index (κ1) is 10.1. The largest absolute Gasteiger partial charge is 0.391 e. The third-order valence-corrected chi connectivity index (χ3v) is 3.70. The van der Waals surface area contributed by atoms with Crippen LogP contribution in [0.2, 0.25) is 0 Å². The molecule has 1 fully saturated rings. The highest BCUT2D eigenvalue weighted by Crippen LogP contribution is 2.44.